The maximum Gasteiger partial charge on any atom is 0.224 e. The predicted octanol–water partition coefficient (Wildman–Crippen LogP) is 2.94. The van der Waals surface area contributed by atoms with Crippen molar-refractivity contribution < 1.29 is 4.79 Å². The summed E-state index contributed by atoms with van der Waals surface area (Å²) in [6.45, 7) is 6.20. The molecule has 8 nitrogen and oxygen atoms in total. The van der Waals surface area contributed by atoms with Crippen molar-refractivity contribution in [2.24, 2.45) is 5.92 Å². The predicted molar refractivity (Wildman–Crippen MR) is 136 cm³/mol. The Morgan fingerprint density at radius 1 is 1.00 bits per heavy atom. The molecule has 0 bridgehead atoms. The number of nitrogens with one attached hydrogen (secondary N) is 1. The number of rotatable bonds is 5. The highest BCUT2D eigenvalue weighted by molar-refractivity contribution is 5.85. The van der Waals surface area contributed by atoms with Crippen molar-refractivity contribution in [2.45, 2.75) is 58.0 Å². The number of imidazole rings is 1. The molecule has 1 N–H and O–H groups in total. The third-order valence-electron chi connectivity index (χ3n) is 7.90. The van der Waals surface area contributed by atoms with Crippen molar-refractivity contribution in [3.05, 3.63) is 47.5 Å². The van der Waals surface area contributed by atoms with Gasteiger partial charge in [0.2, 0.25) is 5.91 Å². The molecule has 0 unspecified atom stereocenters. The van der Waals surface area contributed by atoms with Crippen LogP contribution in [0.4, 0.5) is 5.82 Å². The average Bonchev–Trinajstić information content (AvgIpc) is 3.09. The second-order valence-corrected chi connectivity index (χ2v) is 10.2. The van der Waals surface area contributed by atoms with Crippen LogP contribution in [0.3, 0.4) is 0 Å². The number of nitrogens with zero attached hydrogens (tertiary/aromatic N) is 6. The van der Waals surface area contributed by atoms with Crippen molar-refractivity contribution in [3.8, 4) is 0 Å². The van der Waals surface area contributed by atoms with Crippen LogP contribution in [-0.4, -0.2) is 63.0 Å². The quantitative estimate of drug-likeness (QED) is 0.614. The molecule has 3 aliphatic rings. The second kappa shape index (κ2) is 9.93. The van der Waals surface area contributed by atoms with Crippen molar-refractivity contribution >= 4 is 22.9 Å². The Balaban J connectivity index is 1.08. The number of hydrogen-bond acceptors (Lipinski definition) is 6. The van der Waals surface area contributed by atoms with Gasteiger partial charge in [0.25, 0.3) is 0 Å². The van der Waals surface area contributed by atoms with Gasteiger partial charge in [0, 0.05) is 52.2 Å². The van der Waals surface area contributed by atoms with E-state index < -0.39 is 0 Å². The lowest BCUT2D eigenvalue weighted by Gasteiger charge is -2.33. The monoisotopic (exact) mass is 473 g/mol. The van der Waals surface area contributed by atoms with Gasteiger partial charge in [-0.3, -0.25) is 9.69 Å². The van der Waals surface area contributed by atoms with Crippen LogP contribution in [0.2, 0.25) is 0 Å². The molecular formula is C27H35N7O. The lowest BCUT2D eigenvalue weighted by Crippen LogP contribution is -2.45. The molecule has 0 saturated carbocycles. The van der Waals surface area contributed by atoms with Crippen molar-refractivity contribution in [3.63, 3.8) is 0 Å². The number of aryl methyl sites for hydroxylation is 2. The van der Waals surface area contributed by atoms with E-state index in [1.165, 1.54) is 30.4 Å². The second-order valence-electron chi connectivity index (χ2n) is 10.2. The first-order chi connectivity index (χ1) is 17.3. The van der Waals surface area contributed by atoms with Crippen LogP contribution in [0.1, 0.15) is 49.1 Å². The smallest absolute Gasteiger partial charge is 0.224 e. The fourth-order valence-electron chi connectivity index (χ4n) is 5.97. The summed E-state index contributed by atoms with van der Waals surface area (Å²) in [6.07, 6.45) is 9.27. The first-order valence-corrected chi connectivity index (χ1v) is 13.3. The Morgan fingerprint density at radius 2 is 1.91 bits per heavy atom. The van der Waals surface area contributed by atoms with E-state index in [-0.39, 0.29) is 11.8 Å². The van der Waals surface area contributed by atoms with E-state index in [0.717, 1.165) is 81.2 Å². The molecule has 0 radical (unpaired) electrons. The fraction of sp³-hybridized carbons (Fsp3) is 0.556. The van der Waals surface area contributed by atoms with Gasteiger partial charge in [-0.1, -0.05) is 30.7 Å². The molecule has 5 heterocycles. The summed E-state index contributed by atoms with van der Waals surface area (Å²) in [5, 5.41) is 3.22. The number of carbonyl (C=O) groups excluding carboxylic acids is 1. The van der Waals surface area contributed by atoms with Crippen LogP contribution >= 0.6 is 0 Å². The summed E-state index contributed by atoms with van der Waals surface area (Å²) in [7, 11) is 0. The number of carbonyl (C=O) groups is 1. The Kier molecular flexibility index (Phi) is 6.37. The SMILES string of the molecule is O=C(NCCN1CCc2ccccc2C1)[C@H]1CCCN(c2ncnc3c2nc2n3CCCCC2)C1. The molecule has 1 amide bonds. The Morgan fingerprint density at radius 3 is 2.86 bits per heavy atom. The Bertz CT molecular complexity index is 1210. The van der Waals surface area contributed by atoms with Gasteiger partial charge in [0.1, 0.15) is 12.2 Å². The van der Waals surface area contributed by atoms with Gasteiger partial charge in [-0.25, -0.2) is 15.0 Å². The first kappa shape index (κ1) is 22.5. The summed E-state index contributed by atoms with van der Waals surface area (Å²) >= 11 is 0. The van der Waals surface area contributed by atoms with Gasteiger partial charge in [0.05, 0.1) is 5.92 Å². The summed E-state index contributed by atoms with van der Waals surface area (Å²) in [5.74, 6) is 2.17. The average molecular weight is 474 g/mol. The van der Waals surface area contributed by atoms with Crippen LogP contribution in [0.15, 0.2) is 30.6 Å². The van der Waals surface area contributed by atoms with Gasteiger partial charge >= 0.3 is 0 Å². The lowest BCUT2D eigenvalue weighted by molar-refractivity contribution is -0.125. The zero-order valence-electron chi connectivity index (χ0n) is 20.5. The minimum absolute atomic E-state index is 0.0173. The summed E-state index contributed by atoms with van der Waals surface area (Å²) in [5.41, 5.74) is 4.72. The molecule has 35 heavy (non-hydrogen) atoms. The molecule has 2 aromatic heterocycles. The lowest BCUT2D eigenvalue weighted by atomic mass is 9.97. The van der Waals surface area contributed by atoms with E-state index in [4.69, 9.17) is 4.98 Å². The molecule has 8 heteroatoms. The zero-order valence-corrected chi connectivity index (χ0v) is 20.5. The van der Waals surface area contributed by atoms with E-state index in [0.29, 0.717) is 13.1 Å². The third-order valence-corrected chi connectivity index (χ3v) is 7.90. The van der Waals surface area contributed by atoms with E-state index >= 15 is 0 Å². The zero-order chi connectivity index (χ0) is 23.6. The van der Waals surface area contributed by atoms with Crippen molar-refractivity contribution in [2.75, 3.05) is 37.6 Å². The topological polar surface area (TPSA) is 79.2 Å². The summed E-state index contributed by atoms with van der Waals surface area (Å²) in [6, 6.07) is 8.69. The highest BCUT2D eigenvalue weighted by atomic mass is 16.1. The van der Waals surface area contributed by atoms with Crippen molar-refractivity contribution in [1.82, 2.24) is 29.7 Å². The van der Waals surface area contributed by atoms with Crippen LogP contribution < -0.4 is 10.2 Å². The van der Waals surface area contributed by atoms with E-state index in [1.54, 1.807) is 6.33 Å². The number of aromatic nitrogens is 4. The molecule has 3 aliphatic heterocycles. The number of hydrogen-bond donors (Lipinski definition) is 1. The molecule has 1 aromatic carbocycles. The molecule has 1 saturated heterocycles. The fourth-order valence-corrected chi connectivity index (χ4v) is 5.97. The summed E-state index contributed by atoms with van der Waals surface area (Å²) in [4.78, 5) is 31.9. The van der Waals surface area contributed by atoms with Crippen molar-refractivity contribution in [1.29, 1.82) is 0 Å². The maximum absolute atomic E-state index is 13.1. The van der Waals surface area contributed by atoms with Gasteiger partial charge in [0.15, 0.2) is 17.0 Å². The van der Waals surface area contributed by atoms with Gasteiger partial charge < -0.3 is 14.8 Å². The molecule has 1 atom stereocenters. The van der Waals surface area contributed by atoms with E-state index in [2.05, 4.69) is 53.9 Å². The van der Waals surface area contributed by atoms with E-state index in [1.807, 2.05) is 0 Å². The van der Waals surface area contributed by atoms with Crippen LogP contribution in [-0.2, 0) is 30.7 Å². The molecule has 3 aromatic rings. The molecule has 0 aliphatic carbocycles. The number of piperidine rings is 1. The largest absolute Gasteiger partial charge is 0.355 e. The maximum atomic E-state index is 13.1. The number of amides is 1. The molecule has 184 valence electrons. The molecule has 0 spiro atoms. The third kappa shape index (κ3) is 4.63. The number of benzene rings is 1. The minimum atomic E-state index is -0.0173. The molecule has 6 rings (SSSR count). The highest BCUT2D eigenvalue weighted by Gasteiger charge is 2.29. The molecular weight excluding hydrogens is 438 g/mol. The van der Waals surface area contributed by atoms with Crippen LogP contribution in [0.25, 0.3) is 11.2 Å². The summed E-state index contributed by atoms with van der Waals surface area (Å²) < 4.78 is 2.28. The van der Waals surface area contributed by atoms with Gasteiger partial charge in [-0.2, -0.15) is 0 Å². The molecule has 1 fully saturated rings. The van der Waals surface area contributed by atoms with Crippen LogP contribution in [0.5, 0.6) is 0 Å². The van der Waals surface area contributed by atoms with E-state index in [9.17, 15) is 4.79 Å². The minimum Gasteiger partial charge on any atom is -0.355 e. The van der Waals surface area contributed by atoms with Gasteiger partial charge in [-0.15, -0.1) is 0 Å². The Hall–Kier alpha value is -3.00. The normalized spacial score (nSPS) is 20.8. The first-order valence-electron chi connectivity index (χ1n) is 13.3. The number of fused-ring (bicyclic) bond motifs is 4. The number of anilines is 1. The van der Waals surface area contributed by atoms with Gasteiger partial charge in [-0.05, 0) is 43.2 Å². The van der Waals surface area contributed by atoms with Crippen LogP contribution in [0, 0.1) is 5.92 Å². The Labute approximate surface area is 206 Å². The standard InChI is InChI=1S/C27H35N7O/c35-27(28-12-16-32-15-11-20-7-3-4-8-21(20)17-32)22-9-6-13-33(18-22)25-24-26(30-19-29-25)34-14-5-1-2-10-23(34)31-24/h3-4,7-8,19,22H,1-2,5-6,9-18H2,(H,28,35)/t22-/m0/s1. The highest BCUT2D eigenvalue weighted by Crippen LogP contribution is 2.29.